The molecule has 1 aromatic rings. The number of ketones is 1. The van der Waals surface area contributed by atoms with E-state index in [4.69, 9.17) is 0 Å². The first kappa shape index (κ1) is 14.1. The molecular weight excluding hydrogens is 228 g/mol. The number of pyridine rings is 1. The molecule has 96 valence electrons. The molecule has 4 heteroatoms. The summed E-state index contributed by atoms with van der Waals surface area (Å²) in [5.74, 6) is -0.423. The van der Waals surface area contributed by atoms with Gasteiger partial charge in [-0.15, -0.1) is 0 Å². The smallest absolute Gasteiger partial charge is 0.256 e. The predicted octanol–water partition coefficient (Wildman–Crippen LogP) is 1.62. The molecule has 1 rings (SSSR count). The van der Waals surface area contributed by atoms with Crippen molar-refractivity contribution in [1.82, 2.24) is 9.88 Å². The van der Waals surface area contributed by atoms with E-state index in [1.54, 1.807) is 25.5 Å². The molecule has 1 aromatic heterocycles. The van der Waals surface area contributed by atoms with E-state index in [0.29, 0.717) is 13.0 Å². The summed E-state index contributed by atoms with van der Waals surface area (Å²) in [5.41, 5.74) is 1.27. The minimum Gasteiger partial charge on any atom is -0.342 e. The molecule has 0 saturated heterocycles. The van der Waals surface area contributed by atoms with Crippen LogP contribution in [0.5, 0.6) is 0 Å². The molecule has 0 aliphatic heterocycles. The van der Waals surface area contributed by atoms with Gasteiger partial charge in [0, 0.05) is 26.0 Å². The van der Waals surface area contributed by atoms with Gasteiger partial charge in [0.15, 0.2) is 5.78 Å². The van der Waals surface area contributed by atoms with E-state index < -0.39 is 0 Å². The van der Waals surface area contributed by atoms with Gasteiger partial charge in [0.05, 0.1) is 5.57 Å². The van der Waals surface area contributed by atoms with Crippen LogP contribution in [0.4, 0.5) is 0 Å². The topological polar surface area (TPSA) is 50.3 Å². The molecule has 1 amide bonds. The highest BCUT2D eigenvalue weighted by atomic mass is 16.2. The second-order valence-electron chi connectivity index (χ2n) is 4.05. The van der Waals surface area contributed by atoms with Crippen LogP contribution in [0.3, 0.4) is 0 Å². The van der Waals surface area contributed by atoms with Gasteiger partial charge in [-0.25, -0.2) is 0 Å². The Hall–Kier alpha value is -1.97. The molecule has 0 bridgehead atoms. The standard InChI is InChI=1S/C14H18N2O2/c1-4-16(3)14(18)13(11(2)17)6-5-12-7-9-15-10-8-12/h6-10H,4-5H2,1-3H3/b13-6+. The van der Waals surface area contributed by atoms with E-state index in [9.17, 15) is 9.59 Å². The maximum Gasteiger partial charge on any atom is 0.256 e. The zero-order chi connectivity index (χ0) is 13.5. The number of hydrogen-bond acceptors (Lipinski definition) is 3. The minimum absolute atomic E-state index is 0.200. The molecule has 0 aliphatic rings. The number of carbonyl (C=O) groups is 2. The van der Waals surface area contributed by atoms with E-state index in [1.165, 1.54) is 11.8 Å². The number of rotatable bonds is 5. The summed E-state index contributed by atoms with van der Waals surface area (Å²) < 4.78 is 0. The van der Waals surface area contributed by atoms with Crippen molar-refractivity contribution < 1.29 is 9.59 Å². The number of hydrogen-bond donors (Lipinski definition) is 0. The summed E-state index contributed by atoms with van der Waals surface area (Å²) in [6, 6.07) is 3.73. The first-order valence-electron chi connectivity index (χ1n) is 5.91. The van der Waals surface area contributed by atoms with Crippen molar-refractivity contribution in [3.05, 3.63) is 41.7 Å². The van der Waals surface area contributed by atoms with Crippen molar-refractivity contribution in [2.45, 2.75) is 20.3 Å². The molecule has 0 atom stereocenters. The maximum atomic E-state index is 12.0. The molecule has 0 unspecified atom stereocenters. The summed E-state index contributed by atoms with van der Waals surface area (Å²) >= 11 is 0. The lowest BCUT2D eigenvalue weighted by Crippen LogP contribution is -2.30. The van der Waals surface area contributed by atoms with E-state index in [-0.39, 0.29) is 17.3 Å². The Labute approximate surface area is 107 Å². The summed E-state index contributed by atoms with van der Waals surface area (Å²) in [5, 5.41) is 0. The Morgan fingerprint density at radius 1 is 1.33 bits per heavy atom. The molecule has 0 aromatic carbocycles. The zero-order valence-electron chi connectivity index (χ0n) is 11.0. The third kappa shape index (κ3) is 3.80. The quantitative estimate of drug-likeness (QED) is 0.450. The average Bonchev–Trinajstić information content (AvgIpc) is 2.38. The molecule has 0 aliphatic carbocycles. The zero-order valence-corrected chi connectivity index (χ0v) is 11.0. The largest absolute Gasteiger partial charge is 0.342 e. The van der Waals surface area contributed by atoms with Crippen LogP contribution in [0.25, 0.3) is 0 Å². The molecule has 0 N–H and O–H groups in total. The van der Waals surface area contributed by atoms with Gasteiger partial charge in [-0.1, -0.05) is 6.08 Å². The van der Waals surface area contributed by atoms with Crippen LogP contribution in [0.2, 0.25) is 0 Å². The number of carbonyl (C=O) groups excluding carboxylic acids is 2. The van der Waals surface area contributed by atoms with Gasteiger partial charge in [-0.2, -0.15) is 0 Å². The first-order valence-corrected chi connectivity index (χ1v) is 5.91. The van der Waals surface area contributed by atoms with Crippen molar-refractivity contribution in [2.75, 3.05) is 13.6 Å². The van der Waals surface area contributed by atoms with Gasteiger partial charge in [0.25, 0.3) is 5.91 Å². The SMILES string of the molecule is CCN(C)C(=O)/C(=C/Cc1ccncc1)C(C)=O. The first-order chi connectivity index (χ1) is 8.56. The number of aromatic nitrogens is 1. The highest BCUT2D eigenvalue weighted by molar-refractivity contribution is 6.18. The Morgan fingerprint density at radius 3 is 2.44 bits per heavy atom. The molecule has 0 fully saturated rings. The highest BCUT2D eigenvalue weighted by Gasteiger charge is 2.16. The van der Waals surface area contributed by atoms with Crippen LogP contribution < -0.4 is 0 Å². The Morgan fingerprint density at radius 2 is 1.94 bits per heavy atom. The summed E-state index contributed by atoms with van der Waals surface area (Å²) in [6.07, 6.45) is 5.63. The fraction of sp³-hybridized carbons (Fsp3) is 0.357. The highest BCUT2D eigenvalue weighted by Crippen LogP contribution is 2.06. The van der Waals surface area contributed by atoms with Gasteiger partial charge < -0.3 is 4.90 Å². The van der Waals surface area contributed by atoms with Crippen molar-refractivity contribution in [2.24, 2.45) is 0 Å². The number of Topliss-reactive ketones (excluding diaryl/α,β-unsaturated/α-hetero) is 1. The number of amides is 1. The van der Waals surface area contributed by atoms with Crippen molar-refractivity contribution in [3.63, 3.8) is 0 Å². The predicted molar refractivity (Wildman–Crippen MR) is 70.0 cm³/mol. The van der Waals surface area contributed by atoms with Gasteiger partial charge in [-0.3, -0.25) is 14.6 Å². The molecule has 0 spiro atoms. The number of likely N-dealkylation sites (N-methyl/N-ethyl adjacent to an activating group) is 1. The molecule has 0 radical (unpaired) electrons. The fourth-order valence-electron chi connectivity index (χ4n) is 1.47. The molecular formula is C14H18N2O2. The maximum absolute atomic E-state index is 12.0. The van der Waals surface area contributed by atoms with Crippen LogP contribution in [0, 0.1) is 0 Å². The van der Waals surface area contributed by atoms with Gasteiger partial charge >= 0.3 is 0 Å². The Kier molecular flexibility index (Phi) is 5.24. The van der Waals surface area contributed by atoms with Gasteiger partial charge in [-0.05, 0) is 38.0 Å². The third-order valence-electron chi connectivity index (χ3n) is 2.72. The minimum atomic E-state index is -0.223. The van der Waals surface area contributed by atoms with Crippen LogP contribution in [0.1, 0.15) is 19.4 Å². The third-order valence-corrected chi connectivity index (χ3v) is 2.72. The fourth-order valence-corrected chi connectivity index (χ4v) is 1.47. The molecule has 4 nitrogen and oxygen atoms in total. The second-order valence-corrected chi connectivity index (χ2v) is 4.05. The number of allylic oxidation sites excluding steroid dienone is 1. The molecule has 0 saturated carbocycles. The van der Waals surface area contributed by atoms with Crippen molar-refractivity contribution >= 4 is 11.7 Å². The van der Waals surface area contributed by atoms with E-state index in [0.717, 1.165) is 5.56 Å². The van der Waals surface area contributed by atoms with E-state index >= 15 is 0 Å². The van der Waals surface area contributed by atoms with Gasteiger partial charge in [0.2, 0.25) is 0 Å². The van der Waals surface area contributed by atoms with Crippen LogP contribution >= 0.6 is 0 Å². The van der Waals surface area contributed by atoms with Crippen LogP contribution in [-0.4, -0.2) is 35.2 Å². The Balaban J connectivity index is 2.86. The molecule has 18 heavy (non-hydrogen) atoms. The van der Waals surface area contributed by atoms with Crippen molar-refractivity contribution in [1.29, 1.82) is 0 Å². The normalized spacial score (nSPS) is 11.2. The van der Waals surface area contributed by atoms with Gasteiger partial charge in [0.1, 0.15) is 0 Å². The lowest BCUT2D eigenvalue weighted by Gasteiger charge is -2.15. The summed E-state index contributed by atoms with van der Waals surface area (Å²) in [6.45, 7) is 3.87. The average molecular weight is 246 g/mol. The second kappa shape index (κ2) is 6.69. The summed E-state index contributed by atoms with van der Waals surface area (Å²) in [7, 11) is 1.69. The molecule has 1 heterocycles. The monoisotopic (exact) mass is 246 g/mol. The lowest BCUT2D eigenvalue weighted by atomic mass is 10.1. The Bertz CT molecular complexity index is 452. The van der Waals surface area contributed by atoms with Crippen LogP contribution in [0.15, 0.2) is 36.2 Å². The summed E-state index contributed by atoms with van der Waals surface area (Å²) in [4.78, 5) is 28.9. The van der Waals surface area contributed by atoms with Crippen molar-refractivity contribution in [3.8, 4) is 0 Å². The van der Waals surface area contributed by atoms with Crippen LogP contribution in [-0.2, 0) is 16.0 Å². The number of nitrogens with zero attached hydrogens (tertiary/aromatic N) is 2. The van der Waals surface area contributed by atoms with E-state index in [1.807, 2.05) is 19.1 Å². The lowest BCUT2D eigenvalue weighted by molar-refractivity contribution is -0.128. The van der Waals surface area contributed by atoms with E-state index in [2.05, 4.69) is 4.98 Å².